The fourth-order valence-corrected chi connectivity index (χ4v) is 3.09. The summed E-state index contributed by atoms with van der Waals surface area (Å²) in [4.78, 5) is 0. The molecular formula is C12H15BrFNO2. The molecule has 1 unspecified atom stereocenters. The van der Waals surface area contributed by atoms with Gasteiger partial charge < -0.3 is 15.6 Å². The third kappa shape index (κ3) is 1.81. The van der Waals surface area contributed by atoms with Crippen molar-refractivity contribution in [2.75, 3.05) is 7.11 Å². The summed E-state index contributed by atoms with van der Waals surface area (Å²) >= 11 is 3.33. The summed E-state index contributed by atoms with van der Waals surface area (Å²) in [6.45, 7) is 1.92. The summed E-state index contributed by atoms with van der Waals surface area (Å²) < 4.78 is 19.2. The number of aromatic hydroxyl groups is 1. The summed E-state index contributed by atoms with van der Waals surface area (Å²) in [6.07, 6.45) is 1.84. The first-order valence-electron chi connectivity index (χ1n) is 5.45. The molecule has 1 fully saturated rings. The van der Waals surface area contributed by atoms with Crippen molar-refractivity contribution >= 4 is 15.9 Å². The van der Waals surface area contributed by atoms with Gasteiger partial charge in [0.2, 0.25) is 0 Å². The van der Waals surface area contributed by atoms with Crippen LogP contribution in [0.25, 0.3) is 0 Å². The van der Waals surface area contributed by atoms with Gasteiger partial charge in [0, 0.05) is 21.5 Å². The number of methoxy groups -OCH3 is 1. The predicted octanol–water partition coefficient (Wildman–Crippen LogP) is 2.68. The highest BCUT2D eigenvalue weighted by Gasteiger charge is 2.51. The van der Waals surface area contributed by atoms with Crippen molar-refractivity contribution in [3.63, 3.8) is 0 Å². The van der Waals surface area contributed by atoms with Gasteiger partial charge in [-0.3, -0.25) is 0 Å². The number of halogens is 2. The molecule has 1 aliphatic carbocycles. The first kappa shape index (κ1) is 12.6. The molecule has 0 bridgehead atoms. The predicted molar refractivity (Wildman–Crippen MR) is 66.9 cm³/mol. The molecule has 3 nitrogen and oxygen atoms in total. The molecular weight excluding hydrogens is 289 g/mol. The van der Waals surface area contributed by atoms with Gasteiger partial charge in [0.1, 0.15) is 0 Å². The van der Waals surface area contributed by atoms with Crippen molar-refractivity contribution in [2.45, 2.75) is 31.2 Å². The van der Waals surface area contributed by atoms with E-state index < -0.39 is 11.6 Å². The molecule has 0 aromatic heterocycles. The molecule has 0 amide bonds. The van der Waals surface area contributed by atoms with E-state index in [-0.39, 0.29) is 17.2 Å². The Kier molecular flexibility index (Phi) is 3.08. The van der Waals surface area contributed by atoms with Gasteiger partial charge in [-0.15, -0.1) is 0 Å². The van der Waals surface area contributed by atoms with Crippen LogP contribution < -0.4 is 10.5 Å². The third-order valence-electron chi connectivity index (χ3n) is 3.52. The Morgan fingerprint density at radius 1 is 1.59 bits per heavy atom. The SMILES string of the molecule is COc1c(O)c(F)cc(Br)c1C1(C(C)N)CC1. The molecule has 5 heteroatoms. The summed E-state index contributed by atoms with van der Waals surface area (Å²) in [5.74, 6) is -0.956. The molecule has 0 radical (unpaired) electrons. The number of phenolic OH excluding ortho intramolecular Hbond substituents is 1. The zero-order valence-corrected chi connectivity index (χ0v) is 11.3. The minimum absolute atomic E-state index is 0.0717. The maximum absolute atomic E-state index is 13.4. The molecule has 3 N–H and O–H groups in total. The smallest absolute Gasteiger partial charge is 0.194 e. The van der Waals surface area contributed by atoms with Gasteiger partial charge in [0.25, 0.3) is 0 Å². The Bertz CT molecular complexity index is 458. The fourth-order valence-electron chi connectivity index (χ4n) is 2.32. The van der Waals surface area contributed by atoms with E-state index in [9.17, 15) is 9.50 Å². The van der Waals surface area contributed by atoms with Crippen molar-refractivity contribution in [1.82, 2.24) is 0 Å². The highest BCUT2D eigenvalue weighted by atomic mass is 79.9. The van der Waals surface area contributed by atoms with Gasteiger partial charge in [-0.05, 0) is 25.8 Å². The normalized spacial score (nSPS) is 18.9. The van der Waals surface area contributed by atoms with Crippen molar-refractivity contribution < 1.29 is 14.2 Å². The number of nitrogens with two attached hydrogens (primary N) is 1. The molecule has 0 spiro atoms. The van der Waals surface area contributed by atoms with Crippen LogP contribution in [0.2, 0.25) is 0 Å². The first-order chi connectivity index (χ1) is 7.94. The molecule has 1 aliphatic rings. The molecule has 1 aromatic carbocycles. The van der Waals surface area contributed by atoms with Crippen molar-refractivity contribution in [3.05, 3.63) is 21.9 Å². The molecule has 94 valence electrons. The topological polar surface area (TPSA) is 55.5 Å². The number of hydrogen-bond acceptors (Lipinski definition) is 3. The van der Waals surface area contributed by atoms with E-state index in [4.69, 9.17) is 10.5 Å². The van der Waals surface area contributed by atoms with Gasteiger partial charge in [-0.2, -0.15) is 0 Å². The molecule has 2 rings (SSSR count). The number of hydrogen-bond donors (Lipinski definition) is 2. The number of phenols is 1. The Balaban J connectivity index is 2.65. The maximum Gasteiger partial charge on any atom is 0.194 e. The summed E-state index contributed by atoms with van der Waals surface area (Å²) in [5, 5.41) is 9.71. The average molecular weight is 304 g/mol. The van der Waals surface area contributed by atoms with Crippen LogP contribution in [0.5, 0.6) is 11.5 Å². The lowest BCUT2D eigenvalue weighted by molar-refractivity contribution is 0.346. The van der Waals surface area contributed by atoms with Crippen LogP contribution in [0, 0.1) is 5.82 Å². The van der Waals surface area contributed by atoms with E-state index in [0.717, 1.165) is 18.4 Å². The average Bonchev–Trinajstić information content (AvgIpc) is 3.04. The van der Waals surface area contributed by atoms with Crippen LogP contribution in [0.4, 0.5) is 4.39 Å². The second-order valence-electron chi connectivity index (χ2n) is 4.54. The Hall–Kier alpha value is -0.810. The van der Waals surface area contributed by atoms with Crippen molar-refractivity contribution in [1.29, 1.82) is 0 Å². The summed E-state index contributed by atoms with van der Waals surface area (Å²) in [5.41, 5.74) is 6.55. The van der Waals surface area contributed by atoms with Gasteiger partial charge in [0.15, 0.2) is 17.3 Å². The van der Waals surface area contributed by atoms with Crippen molar-refractivity contribution in [2.24, 2.45) is 5.73 Å². The van der Waals surface area contributed by atoms with Gasteiger partial charge in [-0.25, -0.2) is 4.39 Å². The Morgan fingerprint density at radius 2 is 2.18 bits per heavy atom. The number of rotatable bonds is 3. The standard InChI is InChI=1S/C12H15BrFNO2/c1-6(15)12(3-4-12)9-7(13)5-8(14)10(16)11(9)17-2/h5-6,16H,3-4,15H2,1-2H3. The molecule has 1 aromatic rings. The van der Waals surface area contributed by atoms with E-state index in [0.29, 0.717) is 4.47 Å². The summed E-state index contributed by atoms with van der Waals surface area (Å²) in [6, 6.07) is 1.19. The highest BCUT2D eigenvalue weighted by molar-refractivity contribution is 9.10. The minimum Gasteiger partial charge on any atom is -0.502 e. The molecule has 1 saturated carbocycles. The van der Waals surface area contributed by atoms with Crippen molar-refractivity contribution in [3.8, 4) is 11.5 Å². The molecule has 0 heterocycles. The van der Waals surface area contributed by atoms with Crippen LogP contribution in [0.1, 0.15) is 25.3 Å². The monoisotopic (exact) mass is 303 g/mol. The van der Waals surface area contributed by atoms with Gasteiger partial charge in [0.05, 0.1) is 7.11 Å². The molecule has 17 heavy (non-hydrogen) atoms. The zero-order chi connectivity index (χ0) is 12.8. The van der Waals surface area contributed by atoms with E-state index in [1.807, 2.05) is 6.92 Å². The molecule has 0 aliphatic heterocycles. The lowest BCUT2D eigenvalue weighted by Gasteiger charge is -2.24. The third-order valence-corrected chi connectivity index (χ3v) is 4.15. The lowest BCUT2D eigenvalue weighted by Crippen LogP contribution is -2.32. The van der Waals surface area contributed by atoms with Crippen LogP contribution in [0.15, 0.2) is 10.5 Å². The van der Waals surface area contributed by atoms with Crippen LogP contribution in [-0.2, 0) is 5.41 Å². The molecule has 0 saturated heterocycles. The van der Waals surface area contributed by atoms with E-state index >= 15 is 0 Å². The fraction of sp³-hybridized carbons (Fsp3) is 0.500. The van der Waals surface area contributed by atoms with Crippen LogP contribution in [0.3, 0.4) is 0 Å². The highest BCUT2D eigenvalue weighted by Crippen LogP contribution is 2.57. The Labute approximate surface area is 108 Å². The van der Waals surface area contributed by atoms with Gasteiger partial charge >= 0.3 is 0 Å². The zero-order valence-electron chi connectivity index (χ0n) is 9.76. The molecule has 1 atom stereocenters. The number of ether oxygens (including phenoxy) is 1. The minimum atomic E-state index is -0.696. The van der Waals surface area contributed by atoms with E-state index in [1.54, 1.807) is 0 Å². The maximum atomic E-state index is 13.4. The van der Waals surface area contributed by atoms with E-state index in [2.05, 4.69) is 15.9 Å². The largest absolute Gasteiger partial charge is 0.502 e. The van der Waals surface area contributed by atoms with Gasteiger partial charge in [-0.1, -0.05) is 15.9 Å². The second-order valence-corrected chi connectivity index (χ2v) is 5.40. The van der Waals surface area contributed by atoms with Crippen LogP contribution >= 0.6 is 15.9 Å². The second kappa shape index (κ2) is 4.14. The lowest BCUT2D eigenvalue weighted by atomic mass is 9.88. The van der Waals surface area contributed by atoms with E-state index in [1.165, 1.54) is 13.2 Å². The van der Waals surface area contributed by atoms with Crippen LogP contribution in [-0.4, -0.2) is 18.3 Å². The summed E-state index contributed by atoms with van der Waals surface area (Å²) in [7, 11) is 1.42. The Morgan fingerprint density at radius 3 is 2.59 bits per heavy atom. The number of benzene rings is 1. The quantitative estimate of drug-likeness (QED) is 0.902. The first-order valence-corrected chi connectivity index (χ1v) is 6.24.